The topological polar surface area (TPSA) is 29.3 Å². The Morgan fingerprint density at radius 3 is 2.67 bits per heavy atom. The monoisotopic (exact) mass is 306 g/mol. The molecule has 21 heavy (non-hydrogen) atoms. The van der Waals surface area contributed by atoms with Crippen molar-refractivity contribution in [3.05, 3.63) is 57.5 Å². The van der Waals surface area contributed by atoms with Crippen molar-refractivity contribution < 1.29 is 4.39 Å². The van der Waals surface area contributed by atoms with Crippen LogP contribution in [0.5, 0.6) is 0 Å². The van der Waals surface area contributed by atoms with Crippen molar-refractivity contribution in [1.29, 1.82) is 0 Å². The van der Waals surface area contributed by atoms with E-state index in [0.29, 0.717) is 6.54 Å². The second-order valence-corrected chi connectivity index (χ2v) is 6.48. The molecule has 2 N–H and O–H groups in total. The molecule has 0 saturated heterocycles. The number of nitrogens with zero attached hydrogens (tertiary/aromatic N) is 1. The molecule has 0 bridgehead atoms. The fourth-order valence-corrected chi connectivity index (χ4v) is 3.82. The van der Waals surface area contributed by atoms with E-state index >= 15 is 0 Å². The van der Waals surface area contributed by atoms with Crippen LogP contribution in [0.15, 0.2) is 35.7 Å². The largest absolute Gasteiger partial charge is 0.326 e. The maximum atomic E-state index is 13.3. The van der Waals surface area contributed by atoms with Gasteiger partial charge in [-0.2, -0.15) is 0 Å². The van der Waals surface area contributed by atoms with Crippen molar-refractivity contribution in [2.75, 3.05) is 7.05 Å². The average Bonchev–Trinajstić information content (AvgIpc) is 2.85. The molecule has 4 heteroatoms. The third-order valence-corrected chi connectivity index (χ3v) is 4.93. The highest BCUT2D eigenvalue weighted by atomic mass is 32.1. The van der Waals surface area contributed by atoms with Gasteiger partial charge in [0, 0.05) is 17.5 Å². The Balaban J connectivity index is 2.23. The lowest BCUT2D eigenvalue weighted by atomic mass is 10.0. The average molecular weight is 306 g/mol. The molecule has 0 amide bonds. The van der Waals surface area contributed by atoms with Gasteiger partial charge in [0.05, 0.1) is 6.04 Å². The molecule has 0 aliphatic carbocycles. The number of aryl methyl sites for hydroxylation is 1. The van der Waals surface area contributed by atoms with Gasteiger partial charge in [-0.25, -0.2) is 4.39 Å². The van der Waals surface area contributed by atoms with Gasteiger partial charge in [0.25, 0.3) is 0 Å². The summed E-state index contributed by atoms with van der Waals surface area (Å²) in [6.45, 7) is 4.92. The molecule has 2 aromatic rings. The fraction of sp³-hybridized carbons (Fsp3) is 0.412. The third kappa shape index (κ3) is 3.90. The summed E-state index contributed by atoms with van der Waals surface area (Å²) in [5.74, 6) is -0.190. The predicted octanol–water partition coefficient (Wildman–Crippen LogP) is 4.11. The first-order valence-electron chi connectivity index (χ1n) is 7.27. The number of benzene rings is 1. The van der Waals surface area contributed by atoms with Gasteiger partial charge in [0.15, 0.2) is 0 Å². The zero-order chi connectivity index (χ0) is 15.4. The fourth-order valence-electron chi connectivity index (χ4n) is 2.65. The van der Waals surface area contributed by atoms with E-state index in [0.717, 1.165) is 12.0 Å². The smallest absolute Gasteiger partial charge is 0.123 e. The number of hydrogen-bond donors (Lipinski definition) is 1. The second kappa shape index (κ2) is 7.16. The number of likely N-dealkylation sites (N-methyl/N-ethyl adjacent to an activating group) is 1. The summed E-state index contributed by atoms with van der Waals surface area (Å²) in [5.41, 5.74) is 8.60. The summed E-state index contributed by atoms with van der Waals surface area (Å²) in [7, 11) is 2.06. The van der Waals surface area contributed by atoms with Crippen LogP contribution in [0.3, 0.4) is 0 Å². The van der Waals surface area contributed by atoms with Crippen molar-refractivity contribution in [3.63, 3.8) is 0 Å². The highest BCUT2D eigenvalue weighted by molar-refractivity contribution is 7.10. The van der Waals surface area contributed by atoms with Crippen molar-refractivity contribution in [1.82, 2.24) is 4.90 Å². The lowest BCUT2D eigenvalue weighted by Gasteiger charge is -2.32. The molecule has 0 fully saturated rings. The molecule has 0 saturated carbocycles. The lowest BCUT2D eigenvalue weighted by Crippen LogP contribution is -2.38. The summed E-state index contributed by atoms with van der Waals surface area (Å²) in [6, 6.07) is 9.14. The molecule has 2 nitrogen and oxygen atoms in total. The Bertz CT molecular complexity index is 582. The first-order valence-corrected chi connectivity index (χ1v) is 8.15. The standard InChI is InChI=1S/C17H23FN2S/c1-4-15(19)16(17-12(2)8-9-21-17)20(3)11-13-6-5-7-14(18)10-13/h5-10,15-16H,4,11,19H2,1-3H3. The normalized spacial score (nSPS) is 14.4. The Morgan fingerprint density at radius 1 is 1.33 bits per heavy atom. The zero-order valence-electron chi connectivity index (χ0n) is 12.8. The minimum atomic E-state index is -0.190. The number of halogens is 1. The molecule has 114 valence electrons. The van der Waals surface area contributed by atoms with E-state index in [9.17, 15) is 4.39 Å². The summed E-state index contributed by atoms with van der Waals surface area (Å²) in [5, 5.41) is 2.11. The molecule has 2 rings (SSSR count). The Hall–Kier alpha value is -1.23. The molecule has 1 heterocycles. The van der Waals surface area contributed by atoms with Crippen LogP contribution in [0.1, 0.15) is 35.4 Å². The third-order valence-electron chi connectivity index (χ3n) is 3.84. The van der Waals surface area contributed by atoms with Crippen LogP contribution >= 0.6 is 11.3 Å². The molecular weight excluding hydrogens is 283 g/mol. The van der Waals surface area contributed by atoms with E-state index in [1.54, 1.807) is 23.5 Å². The Kier molecular flexibility index (Phi) is 5.51. The van der Waals surface area contributed by atoms with Gasteiger partial charge in [-0.05, 0) is 55.1 Å². The van der Waals surface area contributed by atoms with Crippen molar-refractivity contribution in [2.45, 2.75) is 38.9 Å². The zero-order valence-corrected chi connectivity index (χ0v) is 13.7. The number of rotatable bonds is 6. The van der Waals surface area contributed by atoms with Crippen LogP contribution in [-0.4, -0.2) is 18.0 Å². The van der Waals surface area contributed by atoms with E-state index in [1.165, 1.54) is 16.5 Å². The minimum absolute atomic E-state index is 0.0703. The van der Waals surface area contributed by atoms with Crippen LogP contribution < -0.4 is 5.73 Å². The number of hydrogen-bond acceptors (Lipinski definition) is 3. The van der Waals surface area contributed by atoms with Gasteiger partial charge in [-0.3, -0.25) is 4.90 Å². The SMILES string of the molecule is CCC(N)C(c1sccc1C)N(C)Cc1cccc(F)c1. The maximum absolute atomic E-state index is 13.3. The molecule has 0 spiro atoms. The van der Waals surface area contributed by atoms with E-state index in [1.807, 2.05) is 6.07 Å². The van der Waals surface area contributed by atoms with Crippen LogP contribution in [0.4, 0.5) is 4.39 Å². The highest BCUT2D eigenvalue weighted by Crippen LogP contribution is 2.32. The summed E-state index contributed by atoms with van der Waals surface area (Å²) >= 11 is 1.75. The summed E-state index contributed by atoms with van der Waals surface area (Å²) < 4.78 is 13.3. The number of thiophene rings is 1. The van der Waals surface area contributed by atoms with E-state index in [4.69, 9.17) is 5.73 Å². The van der Waals surface area contributed by atoms with Gasteiger partial charge >= 0.3 is 0 Å². The minimum Gasteiger partial charge on any atom is -0.326 e. The van der Waals surface area contributed by atoms with Gasteiger partial charge < -0.3 is 5.73 Å². The van der Waals surface area contributed by atoms with E-state index in [-0.39, 0.29) is 17.9 Å². The Labute approximate surface area is 130 Å². The van der Waals surface area contributed by atoms with Gasteiger partial charge in [-0.1, -0.05) is 19.1 Å². The number of nitrogens with two attached hydrogens (primary N) is 1. The highest BCUT2D eigenvalue weighted by Gasteiger charge is 2.25. The maximum Gasteiger partial charge on any atom is 0.123 e. The quantitative estimate of drug-likeness (QED) is 0.870. The molecule has 0 radical (unpaired) electrons. The van der Waals surface area contributed by atoms with Gasteiger partial charge in [0.1, 0.15) is 5.82 Å². The van der Waals surface area contributed by atoms with Crippen molar-refractivity contribution in [2.24, 2.45) is 5.73 Å². The lowest BCUT2D eigenvalue weighted by molar-refractivity contribution is 0.204. The molecular formula is C17H23FN2S. The van der Waals surface area contributed by atoms with Gasteiger partial charge in [0.2, 0.25) is 0 Å². The molecule has 2 atom stereocenters. The molecule has 0 aliphatic heterocycles. The molecule has 2 unspecified atom stereocenters. The van der Waals surface area contributed by atoms with E-state index < -0.39 is 0 Å². The molecule has 1 aromatic heterocycles. The van der Waals surface area contributed by atoms with Crippen LogP contribution in [-0.2, 0) is 6.54 Å². The second-order valence-electron chi connectivity index (χ2n) is 5.53. The van der Waals surface area contributed by atoms with Crippen LogP contribution in [0.25, 0.3) is 0 Å². The van der Waals surface area contributed by atoms with Crippen LogP contribution in [0, 0.1) is 12.7 Å². The summed E-state index contributed by atoms with van der Waals surface area (Å²) in [4.78, 5) is 3.53. The predicted molar refractivity (Wildman–Crippen MR) is 87.9 cm³/mol. The van der Waals surface area contributed by atoms with Gasteiger partial charge in [-0.15, -0.1) is 11.3 Å². The molecule has 0 aliphatic rings. The van der Waals surface area contributed by atoms with Crippen molar-refractivity contribution in [3.8, 4) is 0 Å². The summed E-state index contributed by atoms with van der Waals surface area (Å²) in [6.07, 6.45) is 0.912. The Morgan fingerprint density at radius 2 is 2.10 bits per heavy atom. The van der Waals surface area contributed by atoms with Crippen LogP contribution in [0.2, 0.25) is 0 Å². The first-order chi connectivity index (χ1) is 10.0. The molecule has 1 aromatic carbocycles. The van der Waals surface area contributed by atoms with E-state index in [2.05, 4.69) is 37.2 Å². The van der Waals surface area contributed by atoms with Crippen molar-refractivity contribution >= 4 is 11.3 Å². The first kappa shape index (κ1) is 16.1.